The number of carbonyl (C=O) groups excluding carboxylic acids is 2. The van der Waals surface area contributed by atoms with E-state index < -0.39 is 0 Å². The topological polar surface area (TPSA) is 46.6 Å². The molecule has 0 N–H and O–H groups in total. The van der Waals surface area contributed by atoms with Crippen LogP contribution in [0.3, 0.4) is 0 Å². The van der Waals surface area contributed by atoms with E-state index in [1.807, 2.05) is 38.1 Å². The lowest BCUT2D eigenvalue weighted by atomic mass is 10.2. The molecule has 1 amide bonds. The minimum Gasteiger partial charge on any atom is -0.469 e. The maximum absolute atomic E-state index is 12.3. The van der Waals surface area contributed by atoms with Crippen molar-refractivity contribution in [1.82, 2.24) is 4.90 Å². The monoisotopic (exact) mass is 367 g/mol. The van der Waals surface area contributed by atoms with Crippen LogP contribution in [0, 0.1) is 5.92 Å². The standard InChI is InChI=1S/C17H22BrNO3/c1-13(2)12-19(11-10-17(21)22-3)16(20)9-8-14-6-4-5-7-15(14)18/h4-9,13H,10-12H2,1-3H3. The fourth-order valence-electron chi connectivity index (χ4n) is 1.94. The van der Waals surface area contributed by atoms with Crippen LogP contribution in [0.1, 0.15) is 25.8 Å². The van der Waals surface area contributed by atoms with Gasteiger partial charge in [-0.3, -0.25) is 9.59 Å². The van der Waals surface area contributed by atoms with Crippen molar-refractivity contribution in [2.75, 3.05) is 20.2 Å². The van der Waals surface area contributed by atoms with Crippen LogP contribution < -0.4 is 0 Å². The Hall–Kier alpha value is -1.62. The Balaban J connectivity index is 2.74. The molecule has 1 rings (SSSR count). The predicted octanol–water partition coefficient (Wildman–Crippen LogP) is 3.51. The summed E-state index contributed by atoms with van der Waals surface area (Å²) >= 11 is 3.45. The van der Waals surface area contributed by atoms with Crippen molar-refractivity contribution < 1.29 is 14.3 Å². The molecule has 0 atom stereocenters. The van der Waals surface area contributed by atoms with E-state index in [2.05, 4.69) is 20.7 Å². The zero-order valence-corrected chi connectivity index (χ0v) is 14.8. The first-order valence-corrected chi connectivity index (χ1v) is 8.01. The molecule has 0 heterocycles. The van der Waals surface area contributed by atoms with Crippen molar-refractivity contribution in [1.29, 1.82) is 0 Å². The number of nitrogens with zero attached hydrogens (tertiary/aromatic N) is 1. The van der Waals surface area contributed by atoms with Gasteiger partial charge in [0.15, 0.2) is 0 Å². The van der Waals surface area contributed by atoms with E-state index in [1.165, 1.54) is 7.11 Å². The minimum absolute atomic E-state index is 0.103. The van der Waals surface area contributed by atoms with E-state index in [-0.39, 0.29) is 18.3 Å². The average Bonchev–Trinajstić information content (AvgIpc) is 2.49. The van der Waals surface area contributed by atoms with Crippen LogP contribution in [0.15, 0.2) is 34.8 Å². The minimum atomic E-state index is -0.309. The fraction of sp³-hybridized carbons (Fsp3) is 0.412. The van der Waals surface area contributed by atoms with E-state index >= 15 is 0 Å². The highest BCUT2D eigenvalue weighted by Crippen LogP contribution is 2.17. The summed E-state index contributed by atoms with van der Waals surface area (Å²) < 4.78 is 5.56. The molecule has 22 heavy (non-hydrogen) atoms. The largest absolute Gasteiger partial charge is 0.469 e. The first kappa shape index (κ1) is 18.4. The van der Waals surface area contributed by atoms with Crippen molar-refractivity contribution in [3.8, 4) is 0 Å². The van der Waals surface area contributed by atoms with Gasteiger partial charge in [0.2, 0.25) is 5.91 Å². The van der Waals surface area contributed by atoms with Crippen molar-refractivity contribution in [3.05, 3.63) is 40.4 Å². The maximum Gasteiger partial charge on any atom is 0.307 e. The molecular formula is C17H22BrNO3. The predicted molar refractivity (Wildman–Crippen MR) is 91.2 cm³/mol. The lowest BCUT2D eigenvalue weighted by molar-refractivity contribution is -0.141. The molecule has 0 aliphatic carbocycles. The summed E-state index contributed by atoms with van der Waals surface area (Å²) in [6.45, 7) is 5.05. The van der Waals surface area contributed by atoms with Gasteiger partial charge in [-0.25, -0.2) is 0 Å². The zero-order chi connectivity index (χ0) is 16.5. The lowest BCUT2D eigenvalue weighted by Crippen LogP contribution is -2.34. The molecule has 1 aromatic carbocycles. The van der Waals surface area contributed by atoms with Gasteiger partial charge in [0.25, 0.3) is 0 Å². The van der Waals surface area contributed by atoms with E-state index in [9.17, 15) is 9.59 Å². The van der Waals surface area contributed by atoms with Crippen LogP contribution in [0.4, 0.5) is 0 Å². The summed E-state index contributed by atoms with van der Waals surface area (Å²) in [7, 11) is 1.35. The Bertz CT molecular complexity index is 540. The summed E-state index contributed by atoms with van der Waals surface area (Å²) in [6, 6.07) is 7.69. The maximum atomic E-state index is 12.3. The number of ether oxygens (including phenoxy) is 1. The van der Waals surface area contributed by atoms with Crippen LogP contribution in [0.25, 0.3) is 6.08 Å². The van der Waals surface area contributed by atoms with Crippen molar-refractivity contribution >= 4 is 33.9 Å². The van der Waals surface area contributed by atoms with E-state index in [0.29, 0.717) is 19.0 Å². The summed E-state index contributed by atoms with van der Waals surface area (Å²) in [5.74, 6) is -0.0804. The van der Waals surface area contributed by atoms with Gasteiger partial charge in [-0.1, -0.05) is 48.0 Å². The molecule has 0 aliphatic heterocycles. The van der Waals surface area contributed by atoms with Gasteiger partial charge in [0.1, 0.15) is 0 Å². The third-order valence-electron chi connectivity index (χ3n) is 3.02. The molecule has 0 fully saturated rings. The molecule has 0 unspecified atom stereocenters. The zero-order valence-electron chi connectivity index (χ0n) is 13.2. The van der Waals surface area contributed by atoms with Crippen LogP contribution in [0.5, 0.6) is 0 Å². The molecule has 0 spiro atoms. The summed E-state index contributed by atoms with van der Waals surface area (Å²) in [4.78, 5) is 25.3. The number of hydrogen-bond donors (Lipinski definition) is 0. The number of hydrogen-bond acceptors (Lipinski definition) is 3. The van der Waals surface area contributed by atoms with Crippen LogP contribution in [0.2, 0.25) is 0 Å². The number of esters is 1. The molecule has 1 aromatic rings. The molecule has 0 aliphatic rings. The summed E-state index contributed by atoms with van der Waals surface area (Å²) in [6.07, 6.45) is 3.52. The quantitative estimate of drug-likeness (QED) is 0.547. The molecule has 4 nitrogen and oxygen atoms in total. The molecule has 0 aromatic heterocycles. The Labute approximate surface area is 140 Å². The number of carbonyl (C=O) groups is 2. The van der Waals surface area contributed by atoms with E-state index in [4.69, 9.17) is 0 Å². The highest BCUT2D eigenvalue weighted by molar-refractivity contribution is 9.10. The van der Waals surface area contributed by atoms with Crippen molar-refractivity contribution in [3.63, 3.8) is 0 Å². The number of rotatable bonds is 7. The van der Waals surface area contributed by atoms with E-state index in [0.717, 1.165) is 10.0 Å². The Morgan fingerprint density at radius 1 is 1.32 bits per heavy atom. The Morgan fingerprint density at radius 3 is 2.59 bits per heavy atom. The molecule has 0 bridgehead atoms. The van der Waals surface area contributed by atoms with Crippen LogP contribution in [-0.4, -0.2) is 37.0 Å². The lowest BCUT2D eigenvalue weighted by Gasteiger charge is -2.22. The van der Waals surface area contributed by atoms with Gasteiger partial charge in [0.05, 0.1) is 13.5 Å². The van der Waals surface area contributed by atoms with Crippen molar-refractivity contribution in [2.45, 2.75) is 20.3 Å². The first-order valence-electron chi connectivity index (χ1n) is 7.22. The van der Waals surface area contributed by atoms with Gasteiger partial charge in [-0.05, 0) is 23.6 Å². The number of amides is 1. The third kappa shape index (κ3) is 6.43. The number of halogens is 1. The molecule has 0 saturated heterocycles. The normalized spacial score (nSPS) is 11.0. The molecular weight excluding hydrogens is 346 g/mol. The number of methoxy groups -OCH3 is 1. The van der Waals surface area contributed by atoms with E-state index in [1.54, 1.807) is 17.1 Å². The Kier molecular flexibility index (Phi) is 7.88. The fourth-order valence-corrected chi connectivity index (χ4v) is 2.35. The third-order valence-corrected chi connectivity index (χ3v) is 3.74. The highest BCUT2D eigenvalue weighted by atomic mass is 79.9. The summed E-state index contributed by atoms with van der Waals surface area (Å²) in [5.41, 5.74) is 0.938. The van der Waals surface area contributed by atoms with Gasteiger partial charge in [-0.15, -0.1) is 0 Å². The van der Waals surface area contributed by atoms with Crippen LogP contribution >= 0.6 is 15.9 Å². The second-order valence-electron chi connectivity index (χ2n) is 5.36. The smallest absolute Gasteiger partial charge is 0.307 e. The second-order valence-corrected chi connectivity index (χ2v) is 6.21. The summed E-state index contributed by atoms with van der Waals surface area (Å²) in [5, 5.41) is 0. The van der Waals surface area contributed by atoms with Gasteiger partial charge >= 0.3 is 5.97 Å². The van der Waals surface area contributed by atoms with Crippen molar-refractivity contribution in [2.24, 2.45) is 5.92 Å². The van der Waals surface area contributed by atoms with Gasteiger partial charge < -0.3 is 9.64 Å². The second kappa shape index (κ2) is 9.41. The van der Waals surface area contributed by atoms with Crippen LogP contribution in [-0.2, 0) is 14.3 Å². The van der Waals surface area contributed by atoms with Gasteiger partial charge in [-0.2, -0.15) is 0 Å². The number of benzene rings is 1. The SMILES string of the molecule is COC(=O)CCN(CC(C)C)C(=O)C=Cc1ccccc1Br. The first-order chi connectivity index (χ1) is 10.4. The molecule has 5 heteroatoms. The average molecular weight is 368 g/mol. The Morgan fingerprint density at radius 2 is 2.00 bits per heavy atom. The molecule has 120 valence electrons. The molecule has 0 radical (unpaired) electrons. The highest BCUT2D eigenvalue weighted by Gasteiger charge is 2.14. The van der Waals surface area contributed by atoms with Gasteiger partial charge in [0, 0.05) is 23.6 Å². The molecule has 0 saturated carbocycles.